The van der Waals surface area contributed by atoms with Crippen molar-refractivity contribution in [1.82, 2.24) is 5.32 Å². The van der Waals surface area contributed by atoms with Gasteiger partial charge in [0.15, 0.2) is 0 Å². The average molecular weight is 252 g/mol. The maximum absolute atomic E-state index is 12.3. The monoisotopic (exact) mass is 252 g/mol. The van der Waals surface area contributed by atoms with Crippen molar-refractivity contribution in [3.63, 3.8) is 0 Å². The van der Waals surface area contributed by atoms with Crippen LogP contribution < -0.4 is 11.1 Å². The largest absolute Gasteiger partial charge is 0.353 e. The summed E-state index contributed by atoms with van der Waals surface area (Å²) in [6.07, 6.45) is 7.94. The van der Waals surface area contributed by atoms with Gasteiger partial charge in [0.2, 0.25) is 5.91 Å². The van der Waals surface area contributed by atoms with Crippen molar-refractivity contribution in [2.75, 3.05) is 0 Å². The SMILES string of the molecule is CC1CCC(NC(=O)C2CCCCC2N)C(C)C1. The molecule has 0 heterocycles. The minimum absolute atomic E-state index is 0.0605. The lowest BCUT2D eigenvalue weighted by molar-refractivity contribution is -0.127. The molecule has 0 saturated heterocycles. The average Bonchev–Trinajstić information content (AvgIpc) is 2.33. The zero-order valence-corrected chi connectivity index (χ0v) is 11.8. The van der Waals surface area contributed by atoms with Crippen molar-refractivity contribution < 1.29 is 4.79 Å². The maximum Gasteiger partial charge on any atom is 0.224 e. The molecule has 2 aliphatic rings. The summed E-state index contributed by atoms with van der Waals surface area (Å²) in [4.78, 5) is 12.3. The van der Waals surface area contributed by atoms with Gasteiger partial charge in [0.05, 0.1) is 5.92 Å². The smallest absolute Gasteiger partial charge is 0.224 e. The third-order valence-electron chi connectivity index (χ3n) is 4.92. The Morgan fingerprint density at radius 2 is 1.83 bits per heavy atom. The lowest BCUT2D eigenvalue weighted by Crippen LogP contribution is -2.49. The molecule has 104 valence electrons. The molecule has 2 fully saturated rings. The zero-order valence-electron chi connectivity index (χ0n) is 11.8. The van der Waals surface area contributed by atoms with E-state index in [0.717, 1.165) is 31.6 Å². The lowest BCUT2D eigenvalue weighted by Gasteiger charge is -2.35. The van der Waals surface area contributed by atoms with E-state index in [1.165, 1.54) is 19.3 Å². The minimum atomic E-state index is 0.0605. The van der Waals surface area contributed by atoms with Crippen LogP contribution in [0.5, 0.6) is 0 Å². The Morgan fingerprint density at radius 1 is 1.11 bits per heavy atom. The van der Waals surface area contributed by atoms with Gasteiger partial charge in [-0.05, 0) is 43.9 Å². The molecule has 0 bridgehead atoms. The minimum Gasteiger partial charge on any atom is -0.353 e. The molecule has 3 heteroatoms. The number of carbonyl (C=O) groups excluding carboxylic acids is 1. The topological polar surface area (TPSA) is 55.1 Å². The molecule has 0 radical (unpaired) electrons. The third kappa shape index (κ3) is 3.25. The number of nitrogens with one attached hydrogen (secondary N) is 1. The molecule has 3 N–H and O–H groups in total. The first-order chi connectivity index (χ1) is 8.58. The summed E-state index contributed by atoms with van der Waals surface area (Å²) < 4.78 is 0. The quantitative estimate of drug-likeness (QED) is 0.793. The van der Waals surface area contributed by atoms with Crippen LogP contribution in [0.15, 0.2) is 0 Å². The summed E-state index contributed by atoms with van der Waals surface area (Å²) in [6.45, 7) is 4.58. The highest BCUT2D eigenvalue weighted by atomic mass is 16.2. The van der Waals surface area contributed by atoms with Crippen LogP contribution in [0.2, 0.25) is 0 Å². The van der Waals surface area contributed by atoms with Crippen LogP contribution in [0.4, 0.5) is 0 Å². The number of nitrogens with two attached hydrogens (primary N) is 1. The number of rotatable bonds is 2. The van der Waals surface area contributed by atoms with Crippen LogP contribution in [0, 0.1) is 17.8 Å². The normalized spacial score (nSPS) is 41.4. The van der Waals surface area contributed by atoms with Gasteiger partial charge in [0, 0.05) is 12.1 Å². The van der Waals surface area contributed by atoms with Crippen molar-refractivity contribution >= 4 is 5.91 Å². The van der Waals surface area contributed by atoms with Gasteiger partial charge in [0.1, 0.15) is 0 Å². The molecule has 5 atom stereocenters. The van der Waals surface area contributed by atoms with Crippen molar-refractivity contribution in [3.8, 4) is 0 Å². The van der Waals surface area contributed by atoms with Gasteiger partial charge in [0.25, 0.3) is 0 Å². The molecule has 2 saturated carbocycles. The molecule has 3 nitrogen and oxygen atoms in total. The van der Waals surface area contributed by atoms with E-state index in [0.29, 0.717) is 12.0 Å². The van der Waals surface area contributed by atoms with Gasteiger partial charge < -0.3 is 11.1 Å². The predicted molar refractivity (Wildman–Crippen MR) is 74.0 cm³/mol. The van der Waals surface area contributed by atoms with Crippen molar-refractivity contribution in [1.29, 1.82) is 0 Å². The van der Waals surface area contributed by atoms with Gasteiger partial charge in [-0.3, -0.25) is 4.79 Å². The molecule has 0 spiro atoms. The second-order valence-corrected chi connectivity index (χ2v) is 6.57. The number of hydrogen-bond acceptors (Lipinski definition) is 2. The second kappa shape index (κ2) is 6.05. The van der Waals surface area contributed by atoms with Crippen LogP contribution >= 0.6 is 0 Å². The molecule has 2 aliphatic carbocycles. The third-order valence-corrected chi connectivity index (χ3v) is 4.92. The van der Waals surface area contributed by atoms with Crippen LogP contribution in [-0.2, 0) is 4.79 Å². The molecular weight excluding hydrogens is 224 g/mol. The Balaban J connectivity index is 1.86. The predicted octanol–water partition coefficient (Wildman–Crippen LogP) is 2.44. The molecule has 0 aromatic carbocycles. The summed E-state index contributed by atoms with van der Waals surface area (Å²) >= 11 is 0. The van der Waals surface area contributed by atoms with E-state index in [-0.39, 0.29) is 17.9 Å². The molecule has 1 amide bonds. The fourth-order valence-electron chi connectivity index (χ4n) is 3.65. The number of amides is 1. The van der Waals surface area contributed by atoms with E-state index < -0.39 is 0 Å². The van der Waals surface area contributed by atoms with Crippen LogP contribution in [0.3, 0.4) is 0 Å². The Morgan fingerprint density at radius 3 is 2.50 bits per heavy atom. The molecule has 5 unspecified atom stereocenters. The first-order valence-corrected chi connectivity index (χ1v) is 7.64. The standard InChI is InChI=1S/C15H28N2O/c1-10-7-8-14(11(2)9-10)17-15(18)12-5-3-4-6-13(12)16/h10-14H,3-9,16H2,1-2H3,(H,17,18). The lowest BCUT2D eigenvalue weighted by atomic mass is 9.79. The molecule has 0 aromatic rings. The molecule has 2 rings (SSSR count). The highest BCUT2D eigenvalue weighted by Gasteiger charge is 2.32. The van der Waals surface area contributed by atoms with Crippen LogP contribution in [-0.4, -0.2) is 18.0 Å². The fourth-order valence-corrected chi connectivity index (χ4v) is 3.65. The zero-order chi connectivity index (χ0) is 13.1. The Kier molecular flexibility index (Phi) is 4.66. The van der Waals surface area contributed by atoms with E-state index in [9.17, 15) is 4.79 Å². The van der Waals surface area contributed by atoms with E-state index >= 15 is 0 Å². The fraction of sp³-hybridized carbons (Fsp3) is 0.933. The summed E-state index contributed by atoms with van der Waals surface area (Å²) in [7, 11) is 0. The Hall–Kier alpha value is -0.570. The maximum atomic E-state index is 12.3. The molecular formula is C15H28N2O. The van der Waals surface area contributed by atoms with E-state index in [2.05, 4.69) is 19.2 Å². The Bertz CT molecular complexity index is 292. The van der Waals surface area contributed by atoms with Crippen molar-refractivity contribution in [3.05, 3.63) is 0 Å². The number of hydrogen-bond donors (Lipinski definition) is 2. The van der Waals surface area contributed by atoms with Crippen molar-refractivity contribution in [2.24, 2.45) is 23.5 Å². The summed E-state index contributed by atoms with van der Waals surface area (Å²) in [5, 5.41) is 3.27. The van der Waals surface area contributed by atoms with Gasteiger partial charge in [-0.2, -0.15) is 0 Å². The molecule has 18 heavy (non-hydrogen) atoms. The van der Waals surface area contributed by atoms with E-state index in [1.54, 1.807) is 0 Å². The summed E-state index contributed by atoms with van der Waals surface area (Å²) in [5.74, 6) is 1.70. The molecule has 0 aliphatic heterocycles. The summed E-state index contributed by atoms with van der Waals surface area (Å²) in [6, 6.07) is 0.458. The molecule has 0 aromatic heterocycles. The second-order valence-electron chi connectivity index (χ2n) is 6.57. The van der Waals surface area contributed by atoms with Gasteiger partial charge in [-0.25, -0.2) is 0 Å². The first-order valence-electron chi connectivity index (χ1n) is 7.64. The van der Waals surface area contributed by atoms with Crippen LogP contribution in [0.1, 0.15) is 58.8 Å². The highest BCUT2D eigenvalue weighted by molar-refractivity contribution is 5.79. The summed E-state index contributed by atoms with van der Waals surface area (Å²) in [5.41, 5.74) is 6.08. The van der Waals surface area contributed by atoms with E-state index in [4.69, 9.17) is 5.73 Å². The number of carbonyl (C=O) groups is 1. The first kappa shape index (κ1) is 13.9. The van der Waals surface area contributed by atoms with Gasteiger partial charge in [-0.15, -0.1) is 0 Å². The Labute approximate surface area is 111 Å². The van der Waals surface area contributed by atoms with E-state index in [1.807, 2.05) is 0 Å². The van der Waals surface area contributed by atoms with Crippen molar-refractivity contribution in [2.45, 2.75) is 70.9 Å². The van der Waals surface area contributed by atoms with Gasteiger partial charge in [-0.1, -0.05) is 26.7 Å². The highest BCUT2D eigenvalue weighted by Crippen LogP contribution is 2.29. The van der Waals surface area contributed by atoms with Gasteiger partial charge >= 0.3 is 0 Å². The van der Waals surface area contributed by atoms with Crippen LogP contribution in [0.25, 0.3) is 0 Å².